The molecule has 2 rings (SSSR count). The maximum Gasteiger partial charge on any atom is 0.124 e. The molecule has 2 heterocycles. The van der Waals surface area contributed by atoms with Crippen molar-refractivity contribution in [2.45, 2.75) is 18.9 Å². The summed E-state index contributed by atoms with van der Waals surface area (Å²) in [5.41, 5.74) is 0.767. The number of hydrogen-bond acceptors (Lipinski definition) is 3. The van der Waals surface area contributed by atoms with E-state index in [9.17, 15) is 0 Å². The van der Waals surface area contributed by atoms with E-state index >= 15 is 0 Å². The van der Waals surface area contributed by atoms with E-state index in [0.717, 1.165) is 17.2 Å². The van der Waals surface area contributed by atoms with Crippen LogP contribution in [0.25, 0.3) is 0 Å². The zero-order valence-corrected chi connectivity index (χ0v) is 7.53. The highest BCUT2D eigenvalue weighted by Gasteiger charge is 2.18. The van der Waals surface area contributed by atoms with Crippen molar-refractivity contribution in [2.24, 2.45) is 0 Å². The van der Waals surface area contributed by atoms with Gasteiger partial charge in [0.05, 0.1) is 6.04 Å². The minimum Gasteiger partial charge on any atom is -0.308 e. The molecule has 1 saturated heterocycles. The Hall–Kier alpha value is -0.850. The van der Waals surface area contributed by atoms with Gasteiger partial charge in [-0.1, -0.05) is 0 Å². The van der Waals surface area contributed by atoms with E-state index in [0.29, 0.717) is 6.04 Å². The van der Waals surface area contributed by atoms with Crippen molar-refractivity contribution in [1.82, 2.24) is 10.3 Å². The molecule has 3 heteroatoms. The third-order valence-corrected chi connectivity index (χ3v) is 2.99. The lowest BCUT2D eigenvalue weighted by Crippen LogP contribution is -2.12. The summed E-state index contributed by atoms with van der Waals surface area (Å²) in [5.74, 6) is 2.54. The summed E-state index contributed by atoms with van der Waals surface area (Å²) in [6.07, 6.45) is 7.67. The minimum absolute atomic E-state index is 0.456. The predicted molar refractivity (Wildman–Crippen MR) is 50.0 cm³/mol. The van der Waals surface area contributed by atoms with Gasteiger partial charge in [-0.2, -0.15) is 0 Å². The molecule has 1 aliphatic rings. The standard InChI is InChI=1S/C9H10N2S/c1-2-7-6-12-9(11-7)8-4-3-5-10-8/h1,6,8,10H,3-5H2. The molecule has 1 N–H and O–H groups in total. The quantitative estimate of drug-likeness (QED) is 0.660. The number of thiazole rings is 1. The Morgan fingerprint density at radius 3 is 3.25 bits per heavy atom. The van der Waals surface area contributed by atoms with Gasteiger partial charge >= 0.3 is 0 Å². The van der Waals surface area contributed by atoms with E-state index in [4.69, 9.17) is 6.42 Å². The van der Waals surface area contributed by atoms with Crippen molar-refractivity contribution >= 4 is 11.3 Å². The fourth-order valence-electron chi connectivity index (χ4n) is 1.41. The highest BCUT2D eigenvalue weighted by atomic mass is 32.1. The van der Waals surface area contributed by atoms with Crippen molar-refractivity contribution in [1.29, 1.82) is 0 Å². The third kappa shape index (κ3) is 1.36. The Balaban J connectivity index is 2.17. The highest BCUT2D eigenvalue weighted by Crippen LogP contribution is 2.25. The third-order valence-electron chi connectivity index (χ3n) is 2.03. The van der Waals surface area contributed by atoms with E-state index in [-0.39, 0.29) is 0 Å². The molecule has 12 heavy (non-hydrogen) atoms. The van der Waals surface area contributed by atoms with Crippen molar-refractivity contribution < 1.29 is 0 Å². The second-order valence-corrected chi connectivity index (χ2v) is 3.75. The topological polar surface area (TPSA) is 24.9 Å². The summed E-state index contributed by atoms with van der Waals surface area (Å²) in [7, 11) is 0. The van der Waals surface area contributed by atoms with Crippen LogP contribution in [0.5, 0.6) is 0 Å². The molecule has 1 aliphatic heterocycles. The molecule has 1 aromatic heterocycles. The summed E-state index contributed by atoms with van der Waals surface area (Å²) in [6, 6.07) is 0.456. The Labute approximate surface area is 76.0 Å². The second-order valence-electron chi connectivity index (χ2n) is 2.86. The van der Waals surface area contributed by atoms with Crippen LogP contribution in [0.2, 0.25) is 0 Å². The molecule has 1 fully saturated rings. The van der Waals surface area contributed by atoms with Gasteiger partial charge in [0, 0.05) is 5.38 Å². The van der Waals surface area contributed by atoms with Gasteiger partial charge in [-0.25, -0.2) is 4.98 Å². The van der Waals surface area contributed by atoms with Crippen molar-refractivity contribution in [3.8, 4) is 12.3 Å². The average molecular weight is 178 g/mol. The first-order valence-electron chi connectivity index (χ1n) is 4.05. The average Bonchev–Trinajstić information content (AvgIpc) is 2.75. The largest absolute Gasteiger partial charge is 0.308 e. The first kappa shape index (κ1) is 7.78. The molecule has 62 valence electrons. The molecule has 0 saturated carbocycles. The van der Waals surface area contributed by atoms with Gasteiger partial charge in [0.1, 0.15) is 10.7 Å². The van der Waals surface area contributed by atoms with Crippen LogP contribution in [-0.2, 0) is 0 Å². The van der Waals surface area contributed by atoms with Crippen LogP contribution in [0.4, 0.5) is 0 Å². The Bertz CT molecular complexity index is 305. The van der Waals surface area contributed by atoms with Crippen LogP contribution < -0.4 is 5.32 Å². The van der Waals surface area contributed by atoms with Crippen LogP contribution in [-0.4, -0.2) is 11.5 Å². The van der Waals surface area contributed by atoms with E-state index in [1.807, 2.05) is 5.38 Å². The molecule has 0 aromatic carbocycles. The van der Waals surface area contributed by atoms with Crippen LogP contribution >= 0.6 is 11.3 Å². The maximum atomic E-state index is 5.24. The summed E-state index contributed by atoms with van der Waals surface area (Å²) in [5, 5.41) is 6.47. The van der Waals surface area contributed by atoms with Crippen molar-refractivity contribution in [3.05, 3.63) is 16.1 Å². The monoisotopic (exact) mass is 178 g/mol. The van der Waals surface area contributed by atoms with Gasteiger partial charge in [0.2, 0.25) is 0 Å². The molecule has 0 spiro atoms. The molecule has 2 nitrogen and oxygen atoms in total. The van der Waals surface area contributed by atoms with Gasteiger partial charge in [0.15, 0.2) is 0 Å². The Kier molecular flexibility index (Phi) is 2.11. The van der Waals surface area contributed by atoms with E-state index in [1.54, 1.807) is 11.3 Å². The molecular formula is C9H10N2S. The first-order chi connectivity index (χ1) is 5.90. The lowest BCUT2D eigenvalue weighted by atomic mass is 10.2. The van der Waals surface area contributed by atoms with Crippen LogP contribution in [0.1, 0.15) is 29.6 Å². The number of terminal acetylenes is 1. The second kappa shape index (κ2) is 3.26. The Morgan fingerprint density at radius 1 is 1.75 bits per heavy atom. The van der Waals surface area contributed by atoms with Crippen LogP contribution in [0, 0.1) is 12.3 Å². The van der Waals surface area contributed by atoms with Crippen molar-refractivity contribution in [2.75, 3.05) is 6.54 Å². The Morgan fingerprint density at radius 2 is 2.67 bits per heavy atom. The predicted octanol–water partition coefficient (Wildman–Crippen LogP) is 1.55. The smallest absolute Gasteiger partial charge is 0.124 e. The molecular weight excluding hydrogens is 168 g/mol. The fraction of sp³-hybridized carbons (Fsp3) is 0.444. The fourth-order valence-corrected chi connectivity index (χ4v) is 2.28. The lowest BCUT2D eigenvalue weighted by Gasteiger charge is -2.03. The molecule has 1 unspecified atom stereocenters. The number of nitrogens with one attached hydrogen (secondary N) is 1. The minimum atomic E-state index is 0.456. The summed E-state index contributed by atoms with van der Waals surface area (Å²) in [6.45, 7) is 1.11. The molecule has 0 radical (unpaired) electrons. The van der Waals surface area contributed by atoms with Gasteiger partial charge in [-0.3, -0.25) is 0 Å². The van der Waals surface area contributed by atoms with Gasteiger partial charge in [-0.15, -0.1) is 17.8 Å². The lowest BCUT2D eigenvalue weighted by molar-refractivity contribution is 0.642. The zero-order chi connectivity index (χ0) is 8.39. The zero-order valence-electron chi connectivity index (χ0n) is 6.71. The summed E-state index contributed by atoms with van der Waals surface area (Å²) < 4.78 is 0. The molecule has 1 atom stereocenters. The molecule has 1 aromatic rings. The van der Waals surface area contributed by atoms with Crippen LogP contribution in [0.15, 0.2) is 5.38 Å². The summed E-state index contributed by atoms with van der Waals surface area (Å²) >= 11 is 1.66. The van der Waals surface area contributed by atoms with Gasteiger partial charge < -0.3 is 5.32 Å². The number of hydrogen-bond donors (Lipinski definition) is 1. The normalized spacial score (nSPS) is 22.4. The summed E-state index contributed by atoms with van der Waals surface area (Å²) in [4.78, 5) is 4.33. The number of aromatic nitrogens is 1. The number of nitrogens with zero attached hydrogens (tertiary/aromatic N) is 1. The van der Waals surface area contributed by atoms with E-state index < -0.39 is 0 Å². The molecule has 0 aliphatic carbocycles. The van der Waals surface area contributed by atoms with Gasteiger partial charge in [-0.05, 0) is 25.3 Å². The van der Waals surface area contributed by atoms with Crippen LogP contribution in [0.3, 0.4) is 0 Å². The SMILES string of the molecule is C#Cc1csc(C2CCCN2)n1. The number of rotatable bonds is 1. The molecule has 0 bridgehead atoms. The van der Waals surface area contributed by atoms with E-state index in [1.165, 1.54) is 12.8 Å². The van der Waals surface area contributed by atoms with Gasteiger partial charge in [0.25, 0.3) is 0 Å². The highest BCUT2D eigenvalue weighted by molar-refractivity contribution is 7.09. The first-order valence-corrected chi connectivity index (χ1v) is 4.93. The molecule has 0 amide bonds. The van der Waals surface area contributed by atoms with E-state index in [2.05, 4.69) is 16.2 Å². The maximum absolute atomic E-state index is 5.24. The van der Waals surface area contributed by atoms with Crippen molar-refractivity contribution in [3.63, 3.8) is 0 Å².